The number of Topliss-reactive ketones (excluding diaryl/α,β-unsaturated/α-hetero) is 1. The maximum atomic E-state index is 11.6. The molecule has 0 spiro atoms. The lowest BCUT2D eigenvalue weighted by Gasteiger charge is -2.14. The minimum atomic E-state index is -0.440. The van der Waals surface area contributed by atoms with Gasteiger partial charge in [0.2, 0.25) is 11.6 Å². The van der Waals surface area contributed by atoms with Crippen molar-refractivity contribution >= 4 is 28.2 Å². The van der Waals surface area contributed by atoms with E-state index >= 15 is 0 Å². The first kappa shape index (κ1) is 10.9. The number of carbonyl (C=O) groups excluding carboxylic acids is 2. The van der Waals surface area contributed by atoms with E-state index in [1.165, 1.54) is 17.8 Å². The van der Waals surface area contributed by atoms with Crippen LogP contribution in [-0.4, -0.2) is 17.3 Å². The van der Waals surface area contributed by atoms with Gasteiger partial charge < -0.3 is 0 Å². The fourth-order valence-corrected chi connectivity index (χ4v) is 2.38. The highest BCUT2D eigenvalue weighted by Gasteiger charge is 2.24. The van der Waals surface area contributed by atoms with Crippen molar-refractivity contribution in [3.05, 3.63) is 54.1 Å². The standard InChI is InChI=1S/C13H10O2S/c1-2-7-16-12-8-11(14)13(15)10-6-4-3-5-9(10)12/h2-6,8H,1,7H2. The SMILES string of the molecule is C=CCSC1=CC(=O)C(=O)c2ccccc21. The van der Waals surface area contributed by atoms with Gasteiger partial charge in [0, 0.05) is 22.3 Å². The zero-order valence-electron chi connectivity index (χ0n) is 8.60. The zero-order valence-corrected chi connectivity index (χ0v) is 9.42. The minimum Gasteiger partial charge on any atom is -0.286 e. The van der Waals surface area contributed by atoms with Crippen molar-refractivity contribution < 1.29 is 9.59 Å². The van der Waals surface area contributed by atoms with Crippen LogP contribution >= 0.6 is 11.8 Å². The Hall–Kier alpha value is -1.61. The Bertz CT molecular complexity index is 500. The minimum absolute atomic E-state index is 0.418. The second kappa shape index (κ2) is 4.49. The van der Waals surface area contributed by atoms with Crippen LogP contribution < -0.4 is 0 Å². The molecule has 0 unspecified atom stereocenters. The van der Waals surface area contributed by atoms with Crippen molar-refractivity contribution in [2.75, 3.05) is 5.75 Å². The summed E-state index contributed by atoms with van der Waals surface area (Å²) >= 11 is 1.52. The molecule has 0 amide bonds. The zero-order chi connectivity index (χ0) is 11.5. The molecule has 1 aliphatic rings. The number of hydrogen-bond donors (Lipinski definition) is 0. The topological polar surface area (TPSA) is 34.1 Å². The number of carbonyl (C=O) groups is 2. The van der Waals surface area contributed by atoms with Gasteiger partial charge >= 0.3 is 0 Å². The van der Waals surface area contributed by atoms with Gasteiger partial charge in [-0.3, -0.25) is 9.59 Å². The van der Waals surface area contributed by atoms with E-state index in [1.54, 1.807) is 18.2 Å². The monoisotopic (exact) mass is 230 g/mol. The first-order valence-electron chi connectivity index (χ1n) is 4.87. The van der Waals surface area contributed by atoms with Crippen LogP contribution in [0, 0.1) is 0 Å². The molecule has 0 aromatic heterocycles. The smallest absolute Gasteiger partial charge is 0.233 e. The predicted molar refractivity (Wildman–Crippen MR) is 66.4 cm³/mol. The van der Waals surface area contributed by atoms with E-state index in [1.807, 2.05) is 12.1 Å². The van der Waals surface area contributed by atoms with Gasteiger partial charge in [-0.1, -0.05) is 30.3 Å². The van der Waals surface area contributed by atoms with Crippen LogP contribution in [0.3, 0.4) is 0 Å². The van der Waals surface area contributed by atoms with Crippen LogP contribution in [0.4, 0.5) is 0 Å². The Morgan fingerprint density at radius 2 is 1.88 bits per heavy atom. The number of allylic oxidation sites excluding steroid dienone is 1. The molecule has 0 saturated heterocycles. The van der Waals surface area contributed by atoms with Crippen LogP contribution in [0.5, 0.6) is 0 Å². The summed E-state index contributed by atoms with van der Waals surface area (Å²) in [7, 11) is 0. The molecule has 0 radical (unpaired) electrons. The molecule has 0 atom stereocenters. The van der Waals surface area contributed by atoms with Gasteiger partial charge in [0.1, 0.15) is 0 Å². The summed E-state index contributed by atoms with van der Waals surface area (Å²) in [4.78, 5) is 23.9. The van der Waals surface area contributed by atoms with Crippen molar-refractivity contribution in [1.82, 2.24) is 0 Å². The van der Waals surface area contributed by atoms with E-state index in [0.29, 0.717) is 5.56 Å². The molecule has 1 aromatic rings. The average molecular weight is 230 g/mol. The van der Waals surface area contributed by atoms with Crippen molar-refractivity contribution in [2.24, 2.45) is 0 Å². The molecule has 2 rings (SSSR count). The van der Waals surface area contributed by atoms with Crippen molar-refractivity contribution in [2.45, 2.75) is 0 Å². The number of benzene rings is 1. The molecule has 0 bridgehead atoms. The van der Waals surface area contributed by atoms with Crippen molar-refractivity contribution in [3.8, 4) is 0 Å². The highest BCUT2D eigenvalue weighted by atomic mass is 32.2. The van der Waals surface area contributed by atoms with E-state index in [0.717, 1.165) is 16.2 Å². The summed E-state index contributed by atoms with van der Waals surface area (Å²) in [6.45, 7) is 3.64. The summed E-state index contributed by atoms with van der Waals surface area (Å²) in [5.74, 6) is -0.134. The lowest BCUT2D eigenvalue weighted by molar-refractivity contribution is -0.110. The largest absolute Gasteiger partial charge is 0.286 e. The second-order valence-corrected chi connectivity index (χ2v) is 4.41. The molecule has 80 valence electrons. The molecule has 0 fully saturated rings. The van der Waals surface area contributed by atoms with Gasteiger partial charge in [0.25, 0.3) is 0 Å². The molecule has 3 heteroatoms. The van der Waals surface area contributed by atoms with Gasteiger partial charge in [-0.05, 0) is 5.56 Å². The van der Waals surface area contributed by atoms with Gasteiger partial charge in [-0.15, -0.1) is 18.3 Å². The molecule has 0 heterocycles. The second-order valence-electron chi connectivity index (χ2n) is 3.35. The quantitative estimate of drug-likeness (QED) is 0.591. The first-order valence-corrected chi connectivity index (χ1v) is 5.86. The van der Waals surface area contributed by atoms with Gasteiger partial charge in [0.15, 0.2) is 0 Å². The molecular weight excluding hydrogens is 220 g/mol. The molecule has 0 N–H and O–H groups in total. The number of ketones is 2. The van der Waals surface area contributed by atoms with Crippen LogP contribution in [0.15, 0.2) is 43.0 Å². The van der Waals surface area contributed by atoms with Crippen LogP contribution in [0.2, 0.25) is 0 Å². The number of rotatable bonds is 3. The molecule has 1 aliphatic carbocycles. The van der Waals surface area contributed by atoms with Gasteiger partial charge in [-0.25, -0.2) is 0 Å². The summed E-state index contributed by atoms with van der Waals surface area (Å²) in [5, 5.41) is 0. The molecule has 0 aliphatic heterocycles. The Morgan fingerprint density at radius 1 is 1.19 bits per heavy atom. The van der Waals surface area contributed by atoms with E-state index in [4.69, 9.17) is 0 Å². The maximum Gasteiger partial charge on any atom is 0.233 e. The van der Waals surface area contributed by atoms with Crippen molar-refractivity contribution in [1.29, 1.82) is 0 Å². The highest BCUT2D eigenvalue weighted by molar-refractivity contribution is 8.08. The summed E-state index contributed by atoms with van der Waals surface area (Å²) < 4.78 is 0. The summed E-state index contributed by atoms with van der Waals surface area (Å²) in [6.07, 6.45) is 3.19. The Labute approximate surface area is 98.0 Å². The molecular formula is C13H10O2S. The van der Waals surface area contributed by atoms with E-state index < -0.39 is 11.6 Å². The van der Waals surface area contributed by atoms with Gasteiger partial charge in [0.05, 0.1) is 0 Å². The van der Waals surface area contributed by atoms with Gasteiger partial charge in [-0.2, -0.15) is 0 Å². The van der Waals surface area contributed by atoms with E-state index in [2.05, 4.69) is 6.58 Å². The van der Waals surface area contributed by atoms with E-state index in [9.17, 15) is 9.59 Å². The lowest BCUT2D eigenvalue weighted by atomic mass is 9.95. The number of thioether (sulfide) groups is 1. The maximum absolute atomic E-state index is 11.6. The Kier molecular flexibility index (Phi) is 3.06. The molecule has 0 saturated carbocycles. The summed E-state index contributed by atoms with van der Waals surface area (Å²) in [6, 6.07) is 7.19. The van der Waals surface area contributed by atoms with Crippen LogP contribution in [0.1, 0.15) is 15.9 Å². The highest BCUT2D eigenvalue weighted by Crippen LogP contribution is 2.33. The molecule has 2 nitrogen and oxygen atoms in total. The number of fused-ring (bicyclic) bond motifs is 1. The third-order valence-corrected chi connectivity index (χ3v) is 3.33. The third kappa shape index (κ3) is 1.86. The van der Waals surface area contributed by atoms with Crippen molar-refractivity contribution in [3.63, 3.8) is 0 Å². The Morgan fingerprint density at radius 3 is 2.56 bits per heavy atom. The number of hydrogen-bond acceptors (Lipinski definition) is 3. The fourth-order valence-electron chi connectivity index (χ4n) is 1.56. The van der Waals surface area contributed by atoms with Crippen LogP contribution in [0.25, 0.3) is 4.91 Å². The fraction of sp³-hybridized carbons (Fsp3) is 0.0769. The summed E-state index contributed by atoms with van der Waals surface area (Å²) in [5.41, 5.74) is 1.35. The molecule has 1 aromatic carbocycles. The Balaban J connectivity index is 2.46. The first-order chi connectivity index (χ1) is 7.74. The third-order valence-electron chi connectivity index (χ3n) is 2.28. The normalized spacial score (nSPS) is 14.4. The van der Waals surface area contributed by atoms with E-state index in [-0.39, 0.29) is 0 Å². The lowest BCUT2D eigenvalue weighted by Crippen LogP contribution is -2.17. The predicted octanol–water partition coefficient (Wildman–Crippen LogP) is 2.71. The average Bonchev–Trinajstić information content (AvgIpc) is 2.32. The molecule has 16 heavy (non-hydrogen) atoms. The van der Waals surface area contributed by atoms with Crippen LogP contribution in [-0.2, 0) is 4.79 Å².